The van der Waals surface area contributed by atoms with Crippen LogP contribution in [-0.4, -0.2) is 18.9 Å². The van der Waals surface area contributed by atoms with E-state index >= 15 is 0 Å². The Bertz CT molecular complexity index is 2340. The predicted molar refractivity (Wildman–Crippen MR) is 155 cm³/mol. The van der Waals surface area contributed by atoms with E-state index in [0.29, 0.717) is 6.01 Å². The van der Waals surface area contributed by atoms with Gasteiger partial charge in [0.15, 0.2) is 5.58 Å². The van der Waals surface area contributed by atoms with E-state index in [1.165, 1.54) is 25.7 Å². The first kappa shape index (κ1) is 20.2. The van der Waals surface area contributed by atoms with Gasteiger partial charge >= 0.3 is 6.01 Å². The summed E-state index contributed by atoms with van der Waals surface area (Å²) in [7, 11) is 0. The number of fused-ring (bicyclic) bond motifs is 9. The number of para-hydroxylation sites is 4. The fourth-order valence-corrected chi connectivity index (χ4v) is 6.72. The van der Waals surface area contributed by atoms with Gasteiger partial charge in [0.2, 0.25) is 5.78 Å². The van der Waals surface area contributed by atoms with Crippen LogP contribution in [0.5, 0.6) is 0 Å². The van der Waals surface area contributed by atoms with Gasteiger partial charge in [0.25, 0.3) is 0 Å². The highest BCUT2D eigenvalue weighted by Crippen LogP contribution is 2.38. The molecule has 9 rings (SSSR count). The Morgan fingerprint density at radius 1 is 0.579 bits per heavy atom. The van der Waals surface area contributed by atoms with Gasteiger partial charge in [-0.25, -0.2) is 9.55 Å². The summed E-state index contributed by atoms with van der Waals surface area (Å²) >= 11 is 1.84. The summed E-state index contributed by atoms with van der Waals surface area (Å²) in [4.78, 5) is 9.80. The Balaban J connectivity index is 1.34. The predicted octanol–water partition coefficient (Wildman–Crippen LogP) is 8.61. The smallest absolute Gasteiger partial charge is 0.310 e. The Morgan fingerprint density at radius 2 is 1.34 bits per heavy atom. The van der Waals surface area contributed by atoms with Gasteiger partial charge in [0, 0.05) is 20.2 Å². The van der Waals surface area contributed by atoms with Crippen molar-refractivity contribution in [2.45, 2.75) is 0 Å². The molecule has 0 amide bonds. The number of hydrogen-bond donors (Lipinski definition) is 0. The summed E-state index contributed by atoms with van der Waals surface area (Å²) in [5.74, 6) is 0.782. The van der Waals surface area contributed by atoms with Crippen LogP contribution in [0.25, 0.3) is 76.3 Å². The third-order valence-electron chi connectivity index (χ3n) is 7.38. The first-order valence-electron chi connectivity index (χ1n) is 12.5. The van der Waals surface area contributed by atoms with E-state index in [-0.39, 0.29) is 0 Å². The Hall–Kier alpha value is -4.94. The van der Waals surface area contributed by atoms with Crippen LogP contribution in [0.3, 0.4) is 0 Å². The number of nitrogens with zero attached hydrogens (tertiary/aromatic N) is 4. The van der Waals surface area contributed by atoms with Crippen LogP contribution in [0.4, 0.5) is 0 Å². The maximum atomic E-state index is 6.22. The first-order valence-corrected chi connectivity index (χ1v) is 13.3. The molecule has 0 spiro atoms. The van der Waals surface area contributed by atoms with Crippen LogP contribution < -0.4 is 0 Å². The number of rotatable bonds is 2. The van der Waals surface area contributed by atoms with E-state index in [1.807, 2.05) is 52.3 Å². The molecular weight excluding hydrogens is 488 g/mol. The molecule has 5 aromatic carbocycles. The van der Waals surface area contributed by atoms with Crippen molar-refractivity contribution in [3.05, 3.63) is 109 Å². The largest absolute Gasteiger partial charge is 0.423 e. The van der Waals surface area contributed by atoms with Crippen molar-refractivity contribution < 1.29 is 4.42 Å². The van der Waals surface area contributed by atoms with E-state index in [9.17, 15) is 0 Å². The van der Waals surface area contributed by atoms with E-state index < -0.39 is 0 Å². The van der Waals surface area contributed by atoms with Gasteiger partial charge in [-0.2, -0.15) is 4.98 Å². The Labute approximate surface area is 219 Å². The fraction of sp³-hybridized carbons (Fsp3) is 0. The second-order valence-corrected chi connectivity index (χ2v) is 10.6. The maximum absolute atomic E-state index is 6.22. The van der Waals surface area contributed by atoms with Crippen LogP contribution in [0.2, 0.25) is 0 Å². The molecule has 4 heterocycles. The van der Waals surface area contributed by atoms with Gasteiger partial charge in [0.1, 0.15) is 5.52 Å². The molecule has 0 bridgehead atoms. The summed E-state index contributed by atoms with van der Waals surface area (Å²) < 4.78 is 13.1. The monoisotopic (exact) mass is 506 g/mol. The minimum absolute atomic E-state index is 0.514. The first-order chi connectivity index (χ1) is 18.8. The fourth-order valence-electron chi connectivity index (χ4n) is 5.63. The maximum Gasteiger partial charge on any atom is 0.310 e. The molecule has 0 saturated heterocycles. The van der Waals surface area contributed by atoms with Crippen LogP contribution >= 0.6 is 11.3 Å². The van der Waals surface area contributed by atoms with Gasteiger partial charge in [0.05, 0.1) is 22.1 Å². The molecule has 0 atom stereocenters. The van der Waals surface area contributed by atoms with E-state index in [0.717, 1.165) is 44.5 Å². The highest BCUT2D eigenvalue weighted by atomic mass is 32.1. The SMILES string of the molecule is c1ccc2oc(-n3c4ccc(-c5ccc6sc7ccccc7c6c5)cc4n4c5ccccc5nc34)nc2c1. The zero-order chi connectivity index (χ0) is 24.8. The molecule has 0 aliphatic carbocycles. The zero-order valence-corrected chi connectivity index (χ0v) is 20.8. The van der Waals surface area contributed by atoms with Crippen LogP contribution in [0.15, 0.2) is 114 Å². The number of thiophene rings is 1. The standard InChI is InChI=1S/C32H18N4OS/c1-6-12-29-21(7-1)22-17-19(14-16-30(22)38-29)20-13-15-26-27(18-20)35-25-10-4-2-8-23(25)33-31(35)36(26)32-34-24-9-3-5-11-28(24)37-32/h1-18H. The number of benzene rings is 5. The minimum Gasteiger partial charge on any atom is -0.423 e. The van der Waals surface area contributed by atoms with Gasteiger partial charge in [-0.1, -0.05) is 54.6 Å². The minimum atomic E-state index is 0.514. The summed E-state index contributed by atoms with van der Waals surface area (Å²) in [5, 5.41) is 2.60. The molecule has 9 aromatic rings. The molecule has 0 aliphatic rings. The van der Waals surface area contributed by atoms with Crippen molar-refractivity contribution in [2.75, 3.05) is 0 Å². The molecule has 0 fully saturated rings. The molecule has 38 heavy (non-hydrogen) atoms. The number of imidazole rings is 2. The van der Waals surface area contributed by atoms with Crippen molar-refractivity contribution in [1.82, 2.24) is 18.9 Å². The van der Waals surface area contributed by atoms with Crippen molar-refractivity contribution in [1.29, 1.82) is 0 Å². The molecule has 0 radical (unpaired) electrons. The Kier molecular flexibility index (Phi) is 3.88. The molecule has 0 N–H and O–H groups in total. The Morgan fingerprint density at radius 3 is 2.29 bits per heavy atom. The van der Waals surface area contributed by atoms with Gasteiger partial charge < -0.3 is 4.42 Å². The molecule has 178 valence electrons. The molecule has 0 aliphatic heterocycles. The van der Waals surface area contributed by atoms with E-state index in [1.54, 1.807) is 0 Å². The van der Waals surface area contributed by atoms with Crippen LogP contribution in [0, 0.1) is 0 Å². The third-order valence-corrected chi connectivity index (χ3v) is 8.54. The van der Waals surface area contributed by atoms with Gasteiger partial charge in [-0.3, -0.25) is 4.40 Å². The number of hydrogen-bond acceptors (Lipinski definition) is 4. The quantitative estimate of drug-likeness (QED) is 0.236. The topological polar surface area (TPSA) is 48.3 Å². The average Bonchev–Trinajstić information content (AvgIpc) is 3.71. The summed E-state index contributed by atoms with van der Waals surface area (Å²) in [6.45, 7) is 0. The van der Waals surface area contributed by atoms with Crippen LogP contribution in [-0.2, 0) is 0 Å². The lowest BCUT2D eigenvalue weighted by Crippen LogP contribution is -1.95. The van der Waals surface area contributed by atoms with E-state index in [2.05, 4.69) is 77.2 Å². The second-order valence-electron chi connectivity index (χ2n) is 9.55. The lowest BCUT2D eigenvalue weighted by atomic mass is 10.0. The van der Waals surface area contributed by atoms with Gasteiger partial charge in [-0.15, -0.1) is 11.3 Å². The molecule has 0 saturated carbocycles. The van der Waals surface area contributed by atoms with Gasteiger partial charge in [-0.05, 0) is 65.7 Å². The zero-order valence-electron chi connectivity index (χ0n) is 20.0. The van der Waals surface area contributed by atoms with Crippen molar-refractivity contribution in [3.63, 3.8) is 0 Å². The normalized spacial score (nSPS) is 12.2. The number of aromatic nitrogens is 4. The molecule has 5 nitrogen and oxygen atoms in total. The van der Waals surface area contributed by atoms with Crippen molar-refractivity contribution in [2.24, 2.45) is 0 Å². The highest BCUT2D eigenvalue weighted by molar-refractivity contribution is 7.25. The van der Waals surface area contributed by atoms with Crippen LogP contribution in [0.1, 0.15) is 0 Å². The summed E-state index contributed by atoms with van der Waals surface area (Å²) in [6.07, 6.45) is 0. The van der Waals surface area contributed by atoms with Crippen molar-refractivity contribution in [3.8, 4) is 17.1 Å². The lowest BCUT2D eigenvalue weighted by Gasteiger charge is -2.05. The second kappa shape index (κ2) is 7.31. The van der Waals surface area contributed by atoms with Crippen molar-refractivity contribution >= 4 is 70.5 Å². The molecule has 0 unspecified atom stereocenters. The third kappa shape index (κ3) is 2.69. The highest BCUT2D eigenvalue weighted by Gasteiger charge is 2.21. The van der Waals surface area contributed by atoms with E-state index in [4.69, 9.17) is 14.4 Å². The number of oxazole rings is 1. The lowest BCUT2D eigenvalue weighted by molar-refractivity contribution is 0.572. The molecular formula is C32H18N4OS. The molecule has 4 aromatic heterocycles. The summed E-state index contributed by atoms with van der Waals surface area (Å²) in [5.41, 5.74) is 7.97. The summed E-state index contributed by atoms with van der Waals surface area (Å²) in [6, 6.07) is 38.6. The molecule has 6 heteroatoms. The average molecular weight is 507 g/mol.